The van der Waals surface area contributed by atoms with Crippen LogP contribution in [0.1, 0.15) is 28.6 Å². The van der Waals surface area contributed by atoms with Gasteiger partial charge in [-0.1, -0.05) is 24.3 Å². The van der Waals surface area contributed by atoms with E-state index in [0.29, 0.717) is 23.3 Å². The third-order valence-corrected chi connectivity index (χ3v) is 6.19. The molecule has 1 amide bonds. The first-order valence-corrected chi connectivity index (χ1v) is 10.6. The summed E-state index contributed by atoms with van der Waals surface area (Å²) >= 11 is 0. The second kappa shape index (κ2) is 8.08. The fraction of sp³-hybridized carbons (Fsp3) is 0.391. The van der Waals surface area contributed by atoms with Crippen molar-refractivity contribution in [3.05, 3.63) is 59.9 Å². The SMILES string of the molecule is Nc1ccc([C@@H]2CN(CC3CC3CNC(=O)c3cc4ccccc4[nH]3)CCO2)cn1. The second-order valence-corrected chi connectivity index (χ2v) is 8.37. The molecule has 0 bridgehead atoms. The van der Waals surface area contributed by atoms with Crippen LogP contribution in [0.5, 0.6) is 0 Å². The van der Waals surface area contributed by atoms with Crippen LogP contribution >= 0.6 is 0 Å². The van der Waals surface area contributed by atoms with E-state index in [2.05, 4.69) is 20.2 Å². The normalized spacial score (nSPS) is 24.1. The number of rotatable bonds is 6. The Morgan fingerprint density at radius 2 is 2.17 bits per heavy atom. The van der Waals surface area contributed by atoms with Gasteiger partial charge in [0.15, 0.2) is 0 Å². The molecular weight excluding hydrogens is 378 g/mol. The number of aromatic amines is 1. The molecule has 1 aromatic carbocycles. The topological polar surface area (TPSA) is 96.3 Å². The number of amides is 1. The van der Waals surface area contributed by atoms with Crippen LogP contribution in [0.2, 0.25) is 0 Å². The molecule has 1 saturated carbocycles. The molecule has 0 spiro atoms. The number of pyridine rings is 1. The van der Waals surface area contributed by atoms with Gasteiger partial charge in [-0.2, -0.15) is 0 Å². The number of H-pyrrole nitrogens is 1. The Balaban J connectivity index is 1.09. The molecule has 1 saturated heterocycles. The van der Waals surface area contributed by atoms with Crippen LogP contribution in [0.3, 0.4) is 0 Å². The lowest BCUT2D eigenvalue weighted by molar-refractivity contribution is -0.0318. The Kier molecular flexibility index (Phi) is 5.14. The highest BCUT2D eigenvalue weighted by Crippen LogP contribution is 2.39. The lowest BCUT2D eigenvalue weighted by atomic mass is 10.1. The summed E-state index contributed by atoms with van der Waals surface area (Å²) in [6.45, 7) is 4.33. The highest BCUT2D eigenvalue weighted by atomic mass is 16.5. The number of nitrogens with zero attached hydrogens (tertiary/aromatic N) is 2. The van der Waals surface area contributed by atoms with Gasteiger partial charge in [-0.3, -0.25) is 9.69 Å². The number of aromatic nitrogens is 2. The Labute approximate surface area is 175 Å². The molecule has 2 aliphatic rings. The van der Waals surface area contributed by atoms with E-state index < -0.39 is 0 Å². The highest BCUT2D eigenvalue weighted by Gasteiger charge is 2.39. The Bertz CT molecular complexity index is 999. The zero-order valence-corrected chi connectivity index (χ0v) is 16.9. The highest BCUT2D eigenvalue weighted by molar-refractivity contribution is 5.97. The monoisotopic (exact) mass is 405 g/mol. The first kappa shape index (κ1) is 19.1. The van der Waals surface area contributed by atoms with Gasteiger partial charge < -0.3 is 20.8 Å². The minimum absolute atomic E-state index is 0.0286. The average Bonchev–Trinajstić information content (AvgIpc) is 3.35. The summed E-state index contributed by atoms with van der Waals surface area (Å²) in [5.41, 5.74) is 8.38. The number of carbonyl (C=O) groups excluding carboxylic acids is 1. The van der Waals surface area contributed by atoms with Crippen molar-refractivity contribution in [2.45, 2.75) is 12.5 Å². The Hall–Kier alpha value is -2.90. The second-order valence-electron chi connectivity index (χ2n) is 8.37. The molecule has 156 valence electrons. The third kappa shape index (κ3) is 4.17. The summed E-state index contributed by atoms with van der Waals surface area (Å²) in [5, 5.41) is 4.16. The molecule has 3 atom stereocenters. The minimum Gasteiger partial charge on any atom is -0.384 e. The van der Waals surface area contributed by atoms with Crippen LogP contribution in [0, 0.1) is 11.8 Å². The van der Waals surface area contributed by atoms with Gasteiger partial charge in [0.2, 0.25) is 0 Å². The van der Waals surface area contributed by atoms with Gasteiger partial charge in [0.05, 0.1) is 12.7 Å². The van der Waals surface area contributed by atoms with E-state index in [9.17, 15) is 4.79 Å². The predicted molar refractivity (Wildman–Crippen MR) is 116 cm³/mol. The predicted octanol–water partition coefficient (Wildman–Crippen LogP) is 2.58. The molecular formula is C23H27N5O2. The van der Waals surface area contributed by atoms with Crippen LogP contribution in [-0.2, 0) is 4.74 Å². The first-order chi connectivity index (χ1) is 14.7. The van der Waals surface area contributed by atoms with Crippen molar-refractivity contribution in [2.24, 2.45) is 11.8 Å². The fourth-order valence-corrected chi connectivity index (χ4v) is 4.31. The van der Waals surface area contributed by atoms with Gasteiger partial charge >= 0.3 is 0 Å². The maximum atomic E-state index is 12.5. The van der Waals surface area contributed by atoms with Gasteiger partial charge in [-0.25, -0.2) is 4.98 Å². The van der Waals surface area contributed by atoms with Crippen LogP contribution < -0.4 is 11.1 Å². The van der Waals surface area contributed by atoms with E-state index in [1.54, 1.807) is 0 Å². The molecule has 1 aliphatic carbocycles. The van der Waals surface area contributed by atoms with Crippen LogP contribution in [0.25, 0.3) is 10.9 Å². The maximum absolute atomic E-state index is 12.5. The van der Waals surface area contributed by atoms with E-state index in [4.69, 9.17) is 10.5 Å². The van der Waals surface area contributed by atoms with Crippen molar-refractivity contribution in [2.75, 3.05) is 38.5 Å². The molecule has 2 fully saturated rings. The molecule has 7 heteroatoms. The Morgan fingerprint density at radius 3 is 3.00 bits per heavy atom. The molecule has 1 aliphatic heterocycles. The number of benzene rings is 1. The van der Waals surface area contributed by atoms with E-state index >= 15 is 0 Å². The minimum atomic E-state index is -0.0286. The number of morpholine rings is 1. The first-order valence-electron chi connectivity index (χ1n) is 10.6. The third-order valence-electron chi connectivity index (χ3n) is 6.19. The van der Waals surface area contributed by atoms with Gasteiger partial charge in [0.25, 0.3) is 5.91 Å². The number of carbonyl (C=O) groups is 1. The summed E-state index contributed by atoms with van der Waals surface area (Å²) < 4.78 is 5.93. The molecule has 5 rings (SSSR count). The van der Waals surface area contributed by atoms with Crippen LogP contribution in [0.4, 0.5) is 5.82 Å². The van der Waals surface area contributed by atoms with Crippen LogP contribution in [-0.4, -0.2) is 53.6 Å². The molecule has 2 aromatic heterocycles. The van der Waals surface area contributed by atoms with Gasteiger partial charge in [0, 0.05) is 48.8 Å². The quantitative estimate of drug-likeness (QED) is 0.586. The van der Waals surface area contributed by atoms with Gasteiger partial charge in [-0.15, -0.1) is 0 Å². The standard InChI is InChI=1S/C23H27N5O2/c24-22-6-5-16(11-25-22)21-14-28(7-8-30-21)13-18-9-17(18)12-26-23(29)20-10-15-3-1-2-4-19(15)27-20/h1-6,10-11,17-18,21,27H,7-9,12-14H2,(H2,24,25)(H,26,29)/t17?,18?,21-/m0/s1. The molecule has 30 heavy (non-hydrogen) atoms. The molecule has 3 aromatic rings. The Morgan fingerprint density at radius 1 is 1.27 bits per heavy atom. The number of hydrogen-bond acceptors (Lipinski definition) is 5. The molecule has 7 nitrogen and oxygen atoms in total. The number of hydrogen-bond donors (Lipinski definition) is 3. The van der Waals surface area contributed by atoms with Crippen molar-refractivity contribution in [1.82, 2.24) is 20.2 Å². The smallest absolute Gasteiger partial charge is 0.267 e. The van der Waals surface area contributed by atoms with Crippen LogP contribution in [0.15, 0.2) is 48.7 Å². The van der Waals surface area contributed by atoms with Crippen molar-refractivity contribution < 1.29 is 9.53 Å². The van der Waals surface area contributed by atoms with E-state index in [1.165, 1.54) is 6.42 Å². The fourth-order valence-electron chi connectivity index (χ4n) is 4.31. The zero-order chi connectivity index (χ0) is 20.5. The summed E-state index contributed by atoms with van der Waals surface area (Å²) in [6.07, 6.45) is 3.02. The summed E-state index contributed by atoms with van der Waals surface area (Å²) in [5.74, 6) is 1.69. The van der Waals surface area contributed by atoms with Gasteiger partial charge in [-0.05, 0) is 36.5 Å². The van der Waals surface area contributed by atoms with E-state index in [-0.39, 0.29) is 12.0 Å². The number of para-hydroxylation sites is 1. The largest absolute Gasteiger partial charge is 0.384 e. The number of anilines is 1. The summed E-state index contributed by atoms with van der Waals surface area (Å²) in [7, 11) is 0. The summed E-state index contributed by atoms with van der Waals surface area (Å²) in [6, 6.07) is 13.7. The number of nitrogen functional groups attached to an aromatic ring is 1. The van der Waals surface area contributed by atoms with Crippen molar-refractivity contribution >= 4 is 22.6 Å². The molecule has 4 N–H and O–H groups in total. The lowest BCUT2D eigenvalue weighted by Gasteiger charge is -2.33. The van der Waals surface area contributed by atoms with E-state index in [1.807, 2.05) is 48.7 Å². The number of nitrogens with one attached hydrogen (secondary N) is 2. The van der Waals surface area contributed by atoms with Crippen molar-refractivity contribution in [1.29, 1.82) is 0 Å². The molecule has 3 heterocycles. The van der Waals surface area contributed by atoms with Gasteiger partial charge in [0.1, 0.15) is 11.5 Å². The van der Waals surface area contributed by atoms with Crippen molar-refractivity contribution in [3.8, 4) is 0 Å². The van der Waals surface area contributed by atoms with E-state index in [0.717, 1.165) is 49.3 Å². The van der Waals surface area contributed by atoms with Crippen molar-refractivity contribution in [3.63, 3.8) is 0 Å². The number of nitrogens with two attached hydrogens (primary N) is 1. The maximum Gasteiger partial charge on any atom is 0.267 e. The summed E-state index contributed by atoms with van der Waals surface area (Å²) in [4.78, 5) is 22.3. The lowest BCUT2D eigenvalue weighted by Crippen LogP contribution is -2.39. The number of ether oxygens (including phenoxy) is 1. The number of fused-ring (bicyclic) bond motifs is 1. The average molecular weight is 406 g/mol. The molecule has 2 unspecified atom stereocenters. The zero-order valence-electron chi connectivity index (χ0n) is 16.9. The molecule has 0 radical (unpaired) electrons.